The number of nitrogens with zero attached hydrogens (tertiary/aromatic N) is 3. The van der Waals surface area contributed by atoms with Crippen molar-refractivity contribution < 1.29 is 14.6 Å². The molecule has 1 fully saturated rings. The second-order valence-corrected chi connectivity index (χ2v) is 9.21. The van der Waals surface area contributed by atoms with Gasteiger partial charge < -0.3 is 19.7 Å². The Morgan fingerprint density at radius 1 is 1.14 bits per heavy atom. The van der Waals surface area contributed by atoms with Crippen LogP contribution < -0.4 is 15.1 Å². The minimum atomic E-state index is -0.172. The van der Waals surface area contributed by atoms with Crippen molar-refractivity contribution in [1.82, 2.24) is 19.7 Å². The highest BCUT2D eigenvalue weighted by Crippen LogP contribution is 2.17. The molecule has 158 valence electrons. The summed E-state index contributed by atoms with van der Waals surface area (Å²) in [4.78, 5) is 15.0. The summed E-state index contributed by atoms with van der Waals surface area (Å²) in [5.41, 5.74) is 0.919. The lowest BCUT2D eigenvalue weighted by atomic mass is 10.1. The van der Waals surface area contributed by atoms with E-state index in [0.29, 0.717) is 6.54 Å². The first-order valence-electron chi connectivity index (χ1n) is 10.5. The second kappa shape index (κ2) is 9.19. The van der Waals surface area contributed by atoms with Gasteiger partial charge in [0.1, 0.15) is 26.2 Å². The van der Waals surface area contributed by atoms with Gasteiger partial charge in [0.25, 0.3) is 5.91 Å². The zero-order chi connectivity index (χ0) is 21.0. The maximum atomic E-state index is 12.2. The Bertz CT molecular complexity index is 875. The minimum Gasteiger partial charge on any atom is -0.347 e. The third-order valence-electron chi connectivity index (χ3n) is 5.23. The van der Waals surface area contributed by atoms with Crippen LogP contribution in [0, 0.1) is 4.77 Å². The molecule has 0 saturated carbocycles. The number of carbonyl (C=O) groups is 1. The molecule has 0 atom stereocenters. The molecule has 29 heavy (non-hydrogen) atoms. The lowest BCUT2D eigenvalue weighted by molar-refractivity contribution is -1.02. The fraction of sp³-hybridized carbons (Fsp3) is 0.571. The van der Waals surface area contributed by atoms with E-state index in [4.69, 9.17) is 17.3 Å². The van der Waals surface area contributed by atoms with Gasteiger partial charge in [-0.1, -0.05) is 30.3 Å². The normalized spacial score (nSPS) is 19.9. The fourth-order valence-corrected chi connectivity index (χ4v) is 4.14. The van der Waals surface area contributed by atoms with E-state index in [1.165, 1.54) is 9.80 Å². The molecule has 1 aromatic heterocycles. The van der Waals surface area contributed by atoms with Crippen LogP contribution in [0.2, 0.25) is 0 Å². The van der Waals surface area contributed by atoms with E-state index in [9.17, 15) is 4.79 Å². The SMILES string of the molecule is CCn1c(-c2ccccc2)nn(C[NH+]2CC[NH+](CC(=O)NC(C)(C)C)CC2)c1=S. The molecule has 1 saturated heterocycles. The summed E-state index contributed by atoms with van der Waals surface area (Å²) in [7, 11) is 0. The first-order chi connectivity index (χ1) is 13.8. The Labute approximate surface area is 178 Å². The lowest BCUT2D eigenvalue weighted by Gasteiger charge is -2.30. The number of aromatic nitrogens is 3. The van der Waals surface area contributed by atoms with Gasteiger partial charge in [-0.2, -0.15) is 4.68 Å². The Kier molecular flexibility index (Phi) is 6.87. The predicted octanol–water partition coefficient (Wildman–Crippen LogP) is -0.243. The van der Waals surface area contributed by atoms with Gasteiger partial charge >= 0.3 is 0 Å². The maximum Gasteiger partial charge on any atom is 0.275 e. The monoisotopic (exact) mass is 418 g/mol. The van der Waals surface area contributed by atoms with Crippen molar-refractivity contribution in [3.05, 3.63) is 35.1 Å². The van der Waals surface area contributed by atoms with E-state index in [-0.39, 0.29) is 11.4 Å². The molecule has 0 unspecified atom stereocenters. The highest BCUT2D eigenvalue weighted by Gasteiger charge is 2.27. The first kappa shape index (κ1) is 21.7. The van der Waals surface area contributed by atoms with Crippen LogP contribution in [0.1, 0.15) is 27.7 Å². The number of nitrogens with one attached hydrogen (secondary N) is 3. The predicted molar refractivity (Wildman–Crippen MR) is 116 cm³/mol. The van der Waals surface area contributed by atoms with E-state index < -0.39 is 0 Å². The molecule has 8 heteroatoms. The topological polar surface area (TPSA) is 60.7 Å². The van der Waals surface area contributed by atoms with Crippen LogP contribution in [-0.4, -0.2) is 58.5 Å². The molecule has 2 heterocycles. The van der Waals surface area contributed by atoms with E-state index in [0.717, 1.165) is 55.6 Å². The Balaban J connectivity index is 1.60. The summed E-state index contributed by atoms with van der Waals surface area (Å²) in [6.45, 7) is 14.3. The number of piperazine rings is 1. The zero-order valence-electron chi connectivity index (χ0n) is 18.0. The summed E-state index contributed by atoms with van der Waals surface area (Å²) < 4.78 is 4.84. The average Bonchev–Trinajstić information content (AvgIpc) is 2.98. The number of hydrogen-bond donors (Lipinski definition) is 3. The molecule has 1 aliphatic rings. The van der Waals surface area contributed by atoms with Gasteiger partial charge in [-0.3, -0.25) is 4.79 Å². The molecule has 3 rings (SSSR count). The third-order valence-corrected chi connectivity index (χ3v) is 5.66. The van der Waals surface area contributed by atoms with Crippen LogP contribution in [0.4, 0.5) is 0 Å². The van der Waals surface area contributed by atoms with Crippen LogP contribution in [0.3, 0.4) is 0 Å². The van der Waals surface area contributed by atoms with E-state index in [1.54, 1.807) is 0 Å². The number of carbonyl (C=O) groups excluding carboxylic acids is 1. The molecular weight excluding hydrogens is 384 g/mol. The summed E-state index contributed by atoms with van der Waals surface area (Å²) >= 11 is 5.70. The average molecular weight is 419 g/mol. The molecule has 0 aliphatic carbocycles. The van der Waals surface area contributed by atoms with Crippen LogP contribution in [0.15, 0.2) is 30.3 Å². The Morgan fingerprint density at radius 2 is 1.76 bits per heavy atom. The number of rotatable bonds is 6. The van der Waals surface area contributed by atoms with Crippen molar-refractivity contribution in [1.29, 1.82) is 0 Å². The van der Waals surface area contributed by atoms with Gasteiger partial charge in [-0.15, -0.1) is 5.10 Å². The van der Waals surface area contributed by atoms with Crippen molar-refractivity contribution in [2.45, 2.75) is 46.4 Å². The fourth-order valence-electron chi connectivity index (χ4n) is 3.82. The van der Waals surface area contributed by atoms with Gasteiger partial charge in [0, 0.05) is 17.6 Å². The van der Waals surface area contributed by atoms with Gasteiger partial charge in [0.2, 0.25) is 4.77 Å². The molecule has 1 aromatic carbocycles. The minimum absolute atomic E-state index is 0.132. The van der Waals surface area contributed by atoms with Crippen molar-refractivity contribution in [2.75, 3.05) is 32.7 Å². The van der Waals surface area contributed by atoms with Crippen LogP contribution in [0.25, 0.3) is 11.4 Å². The van der Waals surface area contributed by atoms with Crippen molar-refractivity contribution in [3.8, 4) is 11.4 Å². The smallest absolute Gasteiger partial charge is 0.275 e. The third kappa shape index (κ3) is 5.74. The number of benzene rings is 1. The van der Waals surface area contributed by atoms with Crippen molar-refractivity contribution in [3.63, 3.8) is 0 Å². The molecule has 0 bridgehead atoms. The zero-order valence-corrected chi connectivity index (χ0v) is 18.8. The molecule has 0 radical (unpaired) electrons. The van der Waals surface area contributed by atoms with Crippen LogP contribution in [-0.2, 0) is 18.0 Å². The summed E-state index contributed by atoms with van der Waals surface area (Å²) in [6.07, 6.45) is 0. The number of quaternary nitrogens is 2. The van der Waals surface area contributed by atoms with Gasteiger partial charge in [0.05, 0.1) is 0 Å². The molecule has 7 nitrogen and oxygen atoms in total. The molecule has 1 amide bonds. The molecule has 0 spiro atoms. The largest absolute Gasteiger partial charge is 0.347 e. The van der Waals surface area contributed by atoms with Gasteiger partial charge in [-0.25, -0.2) is 0 Å². The number of amides is 1. The van der Waals surface area contributed by atoms with Crippen LogP contribution >= 0.6 is 12.2 Å². The quantitative estimate of drug-likeness (QED) is 0.568. The maximum absolute atomic E-state index is 12.2. The summed E-state index contributed by atoms with van der Waals surface area (Å²) in [5, 5.41) is 7.90. The van der Waals surface area contributed by atoms with E-state index >= 15 is 0 Å². The molecule has 2 aromatic rings. The molecular formula is C21H34N6OS+2. The second-order valence-electron chi connectivity index (χ2n) is 8.85. The molecule has 1 aliphatic heterocycles. The molecule has 3 N–H and O–H groups in total. The summed E-state index contributed by atoms with van der Waals surface area (Å²) in [6, 6.07) is 10.2. The van der Waals surface area contributed by atoms with E-state index in [2.05, 4.69) is 28.9 Å². The van der Waals surface area contributed by atoms with Crippen molar-refractivity contribution >= 4 is 18.1 Å². The Hall–Kier alpha value is -2.03. The van der Waals surface area contributed by atoms with Gasteiger partial charge in [0.15, 0.2) is 19.0 Å². The van der Waals surface area contributed by atoms with Crippen molar-refractivity contribution in [2.24, 2.45) is 0 Å². The van der Waals surface area contributed by atoms with Gasteiger partial charge in [-0.05, 0) is 39.9 Å². The summed E-state index contributed by atoms with van der Waals surface area (Å²) in [5.74, 6) is 1.06. The highest BCUT2D eigenvalue weighted by molar-refractivity contribution is 7.71. The van der Waals surface area contributed by atoms with Crippen LogP contribution in [0.5, 0.6) is 0 Å². The van der Waals surface area contributed by atoms with E-state index in [1.807, 2.05) is 43.7 Å². The highest BCUT2D eigenvalue weighted by atomic mass is 32.1. The lowest BCUT2D eigenvalue weighted by Crippen LogP contribution is -3.28. The number of hydrogen-bond acceptors (Lipinski definition) is 3. The Morgan fingerprint density at radius 3 is 2.34 bits per heavy atom. The standard InChI is InChI=1S/C21H32N6OS/c1-5-26-19(17-9-7-6-8-10-17)23-27(20(26)29)16-25-13-11-24(12-14-25)15-18(28)22-21(2,3)4/h6-10H,5,11-16H2,1-4H3,(H,22,28)/p+2. The first-order valence-corrected chi connectivity index (χ1v) is 10.9.